The Bertz CT molecular complexity index is 1100. The highest BCUT2D eigenvalue weighted by atomic mass is 35.5. The minimum absolute atomic E-state index is 0.0183. The van der Waals surface area contributed by atoms with E-state index >= 15 is 0 Å². The van der Waals surface area contributed by atoms with Crippen LogP contribution in [0.1, 0.15) is 35.2 Å². The number of benzene rings is 2. The number of anilines is 1. The maximum Gasteiger partial charge on any atom is 0.490 e. The van der Waals surface area contributed by atoms with E-state index in [-0.39, 0.29) is 18.4 Å². The topological polar surface area (TPSA) is 81.2 Å². The number of amides is 2. The van der Waals surface area contributed by atoms with Crippen molar-refractivity contribution in [3.05, 3.63) is 64.7 Å². The van der Waals surface area contributed by atoms with Crippen LogP contribution in [-0.2, 0) is 16.1 Å². The molecule has 0 bridgehead atoms. The van der Waals surface area contributed by atoms with E-state index in [2.05, 4.69) is 11.9 Å². The summed E-state index contributed by atoms with van der Waals surface area (Å²) in [5.41, 5.74) is 2.49. The van der Waals surface area contributed by atoms with Gasteiger partial charge in [0, 0.05) is 29.4 Å². The molecule has 1 saturated heterocycles. The van der Waals surface area contributed by atoms with Crippen molar-refractivity contribution in [1.82, 2.24) is 9.80 Å². The Labute approximate surface area is 218 Å². The average molecular weight is 540 g/mol. The number of nitrogens with zero attached hydrogens (tertiary/aromatic N) is 3. The summed E-state index contributed by atoms with van der Waals surface area (Å²) >= 11 is 5.96. The molecule has 2 aliphatic heterocycles. The molecule has 11 heteroatoms. The van der Waals surface area contributed by atoms with Crippen LogP contribution in [0.25, 0.3) is 0 Å². The van der Waals surface area contributed by atoms with Crippen LogP contribution >= 0.6 is 11.6 Å². The Morgan fingerprint density at radius 1 is 1.03 bits per heavy atom. The van der Waals surface area contributed by atoms with E-state index in [1.54, 1.807) is 29.2 Å². The van der Waals surface area contributed by atoms with Crippen LogP contribution in [-0.4, -0.2) is 72.1 Å². The van der Waals surface area contributed by atoms with Gasteiger partial charge in [0.05, 0.1) is 0 Å². The summed E-state index contributed by atoms with van der Waals surface area (Å²) in [4.78, 5) is 41.1. The first-order valence-corrected chi connectivity index (χ1v) is 12.2. The number of hydrogen-bond acceptors (Lipinski definition) is 4. The van der Waals surface area contributed by atoms with Gasteiger partial charge in [0.25, 0.3) is 5.91 Å². The molecule has 2 amide bonds. The summed E-state index contributed by atoms with van der Waals surface area (Å²) in [6.45, 7) is 3.46. The van der Waals surface area contributed by atoms with Crippen LogP contribution in [0, 0.1) is 5.92 Å². The molecule has 2 aliphatic rings. The number of carbonyl (C=O) groups excluding carboxylic acids is 2. The van der Waals surface area contributed by atoms with Gasteiger partial charge in [-0.3, -0.25) is 9.59 Å². The Balaban J connectivity index is 0.000000479. The molecule has 0 aliphatic carbocycles. The number of hydrogen-bond donors (Lipinski definition) is 1. The Morgan fingerprint density at radius 2 is 1.62 bits per heavy atom. The van der Waals surface area contributed by atoms with Crippen molar-refractivity contribution in [3.63, 3.8) is 0 Å². The first kappa shape index (κ1) is 28.5. The largest absolute Gasteiger partial charge is 0.490 e. The van der Waals surface area contributed by atoms with E-state index in [1.807, 2.05) is 29.2 Å². The van der Waals surface area contributed by atoms with Gasteiger partial charge < -0.3 is 19.8 Å². The van der Waals surface area contributed by atoms with Gasteiger partial charge >= 0.3 is 12.1 Å². The average Bonchev–Trinajstić information content (AvgIpc) is 2.99. The number of para-hydroxylation sites is 1. The fourth-order valence-electron chi connectivity index (χ4n) is 4.38. The maximum absolute atomic E-state index is 13.2. The van der Waals surface area contributed by atoms with Gasteiger partial charge in [0.1, 0.15) is 6.54 Å². The van der Waals surface area contributed by atoms with Gasteiger partial charge in [0.15, 0.2) is 0 Å². The number of halogens is 4. The predicted octanol–water partition coefficient (Wildman–Crippen LogP) is 4.69. The fourth-order valence-corrected chi connectivity index (χ4v) is 4.50. The summed E-state index contributed by atoms with van der Waals surface area (Å²) in [6, 6.07) is 14.8. The minimum Gasteiger partial charge on any atom is -0.475 e. The second-order valence-corrected chi connectivity index (χ2v) is 9.62. The molecule has 2 heterocycles. The fraction of sp³-hybridized carbons (Fsp3) is 0.423. The highest BCUT2D eigenvalue weighted by Crippen LogP contribution is 2.28. The van der Waals surface area contributed by atoms with Crippen molar-refractivity contribution in [2.45, 2.75) is 32.0 Å². The standard InChI is InChI=1S/C24H28ClN3O2.C2HF3O2/c1-26-13-10-18(11-14-26)12-15-28-22-5-3-2-4-20(22)16-27(17-23(28)29)24(30)19-6-8-21(25)9-7-19;3-2(4,5)1(6)7/h2-9,18H,10-17H2,1H3;(H,6,7). The summed E-state index contributed by atoms with van der Waals surface area (Å²) in [6.07, 6.45) is -1.72. The van der Waals surface area contributed by atoms with Crippen molar-refractivity contribution in [1.29, 1.82) is 0 Å². The van der Waals surface area contributed by atoms with E-state index < -0.39 is 12.1 Å². The molecule has 4 rings (SSSR count). The normalized spacial score (nSPS) is 16.9. The third-order valence-corrected chi connectivity index (χ3v) is 6.74. The second kappa shape index (κ2) is 12.4. The van der Waals surface area contributed by atoms with Crippen molar-refractivity contribution in [2.75, 3.05) is 38.1 Å². The Hall–Kier alpha value is -3.11. The first-order chi connectivity index (χ1) is 17.5. The monoisotopic (exact) mass is 539 g/mol. The molecule has 37 heavy (non-hydrogen) atoms. The zero-order valence-corrected chi connectivity index (χ0v) is 21.1. The number of carboxylic acids is 1. The zero-order valence-electron chi connectivity index (χ0n) is 20.4. The van der Waals surface area contributed by atoms with Gasteiger partial charge in [-0.1, -0.05) is 29.8 Å². The van der Waals surface area contributed by atoms with Crippen molar-refractivity contribution in [2.24, 2.45) is 5.92 Å². The summed E-state index contributed by atoms with van der Waals surface area (Å²) in [5, 5.41) is 7.71. The summed E-state index contributed by atoms with van der Waals surface area (Å²) in [5.74, 6) is -2.27. The van der Waals surface area contributed by atoms with E-state index in [0.29, 0.717) is 29.6 Å². The number of piperidine rings is 1. The second-order valence-electron chi connectivity index (χ2n) is 9.18. The smallest absolute Gasteiger partial charge is 0.475 e. The van der Waals surface area contributed by atoms with Crippen LogP contribution in [0.5, 0.6) is 0 Å². The molecule has 2 aromatic carbocycles. The van der Waals surface area contributed by atoms with E-state index in [1.165, 1.54) is 12.8 Å². The molecular weight excluding hydrogens is 511 g/mol. The van der Waals surface area contributed by atoms with Gasteiger partial charge in [-0.15, -0.1) is 0 Å². The Kier molecular flexibility index (Phi) is 9.56. The lowest BCUT2D eigenvalue weighted by molar-refractivity contribution is -0.192. The van der Waals surface area contributed by atoms with E-state index in [9.17, 15) is 22.8 Å². The SMILES string of the molecule is CN1CCC(CCN2C(=O)CN(C(=O)c3ccc(Cl)cc3)Cc3ccccc32)CC1.O=C(O)C(F)(F)F. The molecule has 7 nitrogen and oxygen atoms in total. The number of carboxylic acid groups (broad SMARTS) is 1. The lowest BCUT2D eigenvalue weighted by atomic mass is 9.93. The van der Waals surface area contributed by atoms with Crippen molar-refractivity contribution in [3.8, 4) is 0 Å². The highest BCUT2D eigenvalue weighted by Gasteiger charge is 2.38. The lowest BCUT2D eigenvalue weighted by Crippen LogP contribution is -2.41. The number of rotatable bonds is 4. The number of carbonyl (C=O) groups is 3. The summed E-state index contributed by atoms with van der Waals surface area (Å²) in [7, 11) is 2.16. The van der Waals surface area contributed by atoms with E-state index in [0.717, 1.165) is 30.8 Å². The molecule has 0 spiro atoms. The number of alkyl halides is 3. The third-order valence-electron chi connectivity index (χ3n) is 6.49. The number of likely N-dealkylation sites (tertiary alicyclic amines) is 1. The van der Waals surface area contributed by atoms with Crippen LogP contribution < -0.4 is 4.90 Å². The molecule has 0 unspecified atom stereocenters. The van der Waals surface area contributed by atoms with Gasteiger partial charge in [-0.05, 0) is 81.2 Å². The molecule has 0 radical (unpaired) electrons. The zero-order chi connectivity index (χ0) is 27.2. The molecule has 0 aromatic heterocycles. The third kappa shape index (κ3) is 7.93. The van der Waals surface area contributed by atoms with Crippen LogP contribution in [0.4, 0.5) is 18.9 Å². The molecule has 1 fully saturated rings. The quantitative estimate of drug-likeness (QED) is 0.609. The lowest BCUT2D eigenvalue weighted by Gasteiger charge is -2.31. The highest BCUT2D eigenvalue weighted by molar-refractivity contribution is 6.30. The van der Waals surface area contributed by atoms with Crippen LogP contribution in [0.3, 0.4) is 0 Å². The van der Waals surface area contributed by atoms with Gasteiger partial charge in [0.2, 0.25) is 5.91 Å². The van der Waals surface area contributed by atoms with Crippen LogP contribution in [0.2, 0.25) is 5.02 Å². The van der Waals surface area contributed by atoms with Crippen LogP contribution in [0.15, 0.2) is 48.5 Å². The molecular formula is C26H29ClF3N3O4. The molecule has 2 aromatic rings. The Morgan fingerprint density at radius 3 is 2.22 bits per heavy atom. The first-order valence-electron chi connectivity index (χ1n) is 11.9. The van der Waals surface area contributed by atoms with Gasteiger partial charge in [-0.25, -0.2) is 4.79 Å². The predicted molar refractivity (Wildman–Crippen MR) is 134 cm³/mol. The number of aliphatic carboxylic acids is 1. The summed E-state index contributed by atoms with van der Waals surface area (Å²) < 4.78 is 31.7. The van der Waals surface area contributed by atoms with Crippen molar-refractivity contribution >= 4 is 35.1 Å². The molecule has 1 N–H and O–H groups in total. The molecule has 200 valence electrons. The van der Waals surface area contributed by atoms with Crippen molar-refractivity contribution < 1.29 is 32.7 Å². The molecule has 0 atom stereocenters. The molecule has 0 saturated carbocycles. The van der Waals surface area contributed by atoms with Gasteiger partial charge in [-0.2, -0.15) is 13.2 Å². The maximum atomic E-state index is 13.2. The number of fused-ring (bicyclic) bond motifs is 1. The minimum atomic E-state index is -5.08. The van der Waals surface area contributed by atoms with E-state index in [4.69, 9.17) is 21.5 Å².